The topological polar surface area (TPSA) is 72.0 Å². The number of halogens is 2. The second-order valence-electron chi connectivity index (χ2n) is 10.4. The maximum Gasteiger partial charge on any atom is 0.137 e. The molecule has 0 saturated heterocycles. The van der Waals surface area contributed by atoms with E-state index in [0.29, 0.717) is 11.8 Å². The van der Waals surface area contributed by atoms with Crippen molar-refractivity contribution in [1.82, 2.24) is 24.5 Å². The summed E-state index contributed by atoms with van der Waals surface area (Å²) in [7, 11) is 0. The molecule has 0 amide bonds. The monoisotopic (exact) mass is 496 g/mol. The first kappa shape index (κ1) is 25.8. The van der Waals surface area contributed by atoms with E-state index in [-0.39, 0.29) is 12.1 Å². The van der Waals surface area contributed by atoms with Crippen molar-refractivity contribution in [2.75, 3.05) is 18.0 Å². The van der Waals surface area contributed by atoms with Gasteiger partial charge in [0.2, 0.25) is 0 Å². The largest absolute Gasteiger partial charge is 0.381 e. The van der Waals surface area contributed by atoms with E-state index >= 15 is 0 Å². The summed E-state index contributed by atoms with van der Waals surface area (Å²) in [6, 6.07) is 8.62. The summed E-state index contributed by atoms with van der Waals surface area (Å²) < 4.78 is 31.7. The maximum absolute atomic E-state index is 14.9. The van der Waals surface area contributed by atoms with Crippen LogP contribution in [0.4, 0.5) is 14.5 Å². The number of hydrogen-bond donors (Lipinski definition) is 1. The molecule has 36 heavy (non-hydrogen) atoms. The summed E-state index contributed by atoms with van der Waals surface area (Å²) in [6.07, 6.45) is 4.65. The van der Waals surface area contributed by atoms with Crippen molar-refractivity contribution in [1.29, 1.82) is 0 Å². The van der Waals surface area contributed by atoms with Gasteiger partial charge in [-0.25, -0.2) is 18.4 Å². The molecule has 0 spiro atoms. The van der Waals surface area contributed by atoms with Crippen LogP contribution in [0, 0.1) is 23.5 Å². The van der Waals surface area contributed by atoms with Crippen molar-refractivity contribution >= 4 is 16.6 Å². The van der Waals surface area contributed by atoms with Crippen LogP contribution >= 0.6 is 0 Å². The van der Waals surface area contributed by atoms with E-state index in [2.05, 4.69) is 54.8 Å². The molecule has 0 aliphatic carbocycles. The van der Waals surface area contributed by atoms with Crippen molar-refractivity contribution in [2.45, 2.75) is 52.8 Å². The van der Waals surface area contributed by atoms with Gasteiger partial charge in [0.15, 0.2) is 0 Å². The second-order valence-corrected chi connectivity index (χ2v) is 10.4. The standard InChI is InChI=1S/C27H34F2N6O/c1-18(2)12-33(13-19(3)4)23-7-9-26-21(10-23)14-35(32-26)20(5)27(36,15-34-17-30-16-31-34)24-8-6-22(28)11-25(24)29/h6-11,14,16-20,36H,12-13,15H2,1-5H3/t20-,27-/m1/s1. The SMILES string of the molecule is CC(C)CN(CC(C)C)c1ccc2nn([C@H](C)[C@](O)(Cn3cncn3)c3ccc(F)cc3F)cc2c1. The van der Waals surface area contributed by atoms with Crippen molar-refractivity contribution in [3.05, 3.63) is 72.4 Å². The molecule has 0 aliphatic rings. The number of rotatable bonds is 10. The van der Waals surface area contributed by atoms with Crippen molar-refractivity contribution in [3.8, 4) is 0 Å². The van der Waals surface area contributed by atoms with E-state index in [1.54, 1.807) is 11.6 Å². The smallest absolute Gasteiger partial charge is 0.137 e. The number of benzene rings is 2. The van der Waals surface area contributed by atoms with Crippen LogP contribution in [0.15, 0.2) is 55.2 Å². The van der Waals surface area contributed by atoms with E-state index in [0.717, 1.165) is 41.8 Å². The van der Waals surface area contributed by atoms with Gasteiger partial charge in [-0.05, 0) is 43.0 Å². The molecule has 0 aliphatic heterocycles. The van der Waals surface area contributed by atoms with E-state index in [1.165, 1.54) is 23.4 Å². The van der Waals surface area contributed by atoms with Gasteiger partial charge in [-0.15, -0.1) is 0 Å². The Balaban J connectivity index is 1.73. The highest BCUT2D eigenvalue weighted by Crippen LogP contribution is 2.37. The van der Waals surface area contributed by atoms with E-state index in [1.807, 2.05) is 12.3 Å². The molecule has 0 radical (unpaired) electrons. The van der Waals surface area contributed by atoms with Crippen LogP contribution in [0.5, 0.6) is 0 Å². The average molecular weight is 497 g/mol. The van der Waals surface area contributed by atoms with Crippen LogP contribution in [0.25, 0.3) is 10.9 Å². The Morgan fingerprint density at radius 2 is 1.72 bits per heavy atom. The Bertz CT molecular complexity index is 1290. The molecule has 2 aromatic heterocycles. The minimum atomic E-state index is -1.78. The molecule has 7 nitrogen and oxygen atoms in total. The van der Waals surface area contributed by atoms with E-state index in [4.69, 9.17) is 5.10 Å². The maximum atomic E-state index is 14.9. The highest BCUT2D eigenvalue weighted by molar-refractivity contribution is 5.82. The van der Waals surface area contributed by atoms with Gasteiger partial charge >= 0.3 is 0 Å². The van der Waals surface area contributed by atoms with Gasteiger partial charge in [-0.3, -0.25) is 4.68 Å². The lowest BCUT2D eigenvalue weighted by atomic mass is 9.86. The molecule has 1 N–H and O–H groups in total. The summed E-state index contributed by atoms with van der Waals surface area (Å²) in [5, 5.41) is 21.6. The molecule has 2 heterocycles. The van der Waals surface area contributed by atoms with Crippen molar-refractivity contribution < 1.29 is 13.9 Å². The van der Waals surface area contributed by atoms with Gasteiger partial charge < -0.3 is 10.0 Å². The summed E-state index contributed by atoms with van der Waals surface area (Å²) in [6.45, 7) is 12.4. The fraction of sp³-hybridized carbons (Fsp3) is 0.444. The normalized spacial score (nSPS) is 14.5. The molecule has 0 saturated carbocycles. The third kappa shape index (κ3) is 5.41. The fourth-order valence-electron chi connectivity index (χ4n) is 4.66. The average Bonchev–Trinajstić information content (AvgIpc) is 3.46. The third-order valence-corrected chi connectivity index (χ3v) is 6.40. The molecule has 0 fully saturated rings. The van der Waals surface area contributed by atoms with Crippen LogP contribution in [0.2, 0.25) is 0 Å². The lowest BCUT2D eigenvalue weighted by Gasteiger charge is -2.34. The van der Waals surface area contributed by atoms with Gasteiger partial charge in [0.25, 0.3) is 0 Å². The number of anilines is 1. The highest BCUT2D eigenvalue weighted by Gasteiger charge is 2.41. The Hall–Kier alpha value is -3.33. The number of nitrogens with zero attached hydrogens (tertiary/aromatic N) is 6. The van der Waals surface area contributed by atoms with Gasteiger partial charge in [-0.1, -0.05) is 33.8 Å². The van der Waals surface area contributed by atoms with Gasteiger partial charge in [-0.2, -0.15) is 10.2 Å². The zero-order chi connectivity index (χ0) is 26.0. The first-order chi connectivity index (χ1) is 17.1. The molecular formula is C27H34F2N6O. The lowest BCUT2D eigenvalue weighted by molar-refractivity contribution is -0.0366. The van der Waals surface area contributed by atoms with Crippen molar-refractivity contribution in [2.24, 2.45) is 11.8 Å². The molecule has 9 heteroatoms. The quantitative estimate of drug-likeness (QED) is 0.328. The third-order valence-electron chi connectivity index (χ3n) is 6.40. The van der Waals surface area contributed by atoms with Crippen LogP contribution in [-0.4, -0.2) is 42.7 Å². The van der Waals surface area contributed by atoms with Gasteiger partial charge in [0, 0.05) is 42.0 Å². The summed E-state index contributed by atoms with van der Waals surface area (Å²) in [4.78, 5) is 6.31. The molecule has 192 valence electrons. The molecule has 0 bridgehead atoms. The molecule has 2 aromatic carbocycles. The molecule has 2 atom stereocenters. The molecule has 4 aromatic rings. The van der Waals surface area contributed by atoms with Crippen LogP contribution in [0.3, 0.4) is 0 Å². The van der Waals surface area contributed by atoms with E-state index < -0.39 is 23.3 Å². The van der Waals surface area contributed by atoms with Crippen LogP contribution in [0.1, 0.15) is 46.2 Å². The predicted molar refractivity (Wildman–Crippen MR) is 137 cm³/mol. The minimum absolute atomic E-state index is 0.0350. The van der Waals surface area contributed by atoms with Crippen LogP contribution in [-0.2, 0) is 12.1 Å². The fourth-order valence-corrected chi connectivity index (χ4v) is 4.66. The Kier molecular flexibility index (Phi) is 7.40. The summed E-state index contributed by atoms with van der Waals surface area (Å²) in [5.41, 5.74) is 0.0617. The Labute approximate surface area is 210 Å². The zero-order valence-electron chi connectivity index (χ0n) is 21.4. The van der Waals surface area contributed by atoms with Gasteiger partial charge in [0.1, 0.15) is 29.9 Å². The number of aromatic nitrogens is 5. The van der Waals surface area contributed by atoms with Crippen molar-refractivity contribution in [3.63, 3.8) is 0 Å². The van der Waals surface area contributed by atoms with Crippen LogP contribution < -0.4 is 4.90 Å². The lowest BCUT2D eigenvalue weighted by Crippen LogP contribution is -2.40. The number of hydrogen-bond acceptors (Lipinski definition) is 5. The number of aliphatic hydroxyl groups is 1. The second kappa shape index (κ2) is 10.3. The summed E-state index contributed by atoms with van der Waals surface area (Å²) >= 11 is 0. The molecular weight excluding hydrogens is 462 g/mol. The van der Waals surface area contributed by atoms with E-state index in [9.17, 15) is 13.9 Å². The zero-order valence-corrected chi connectivity index (χ0v) is 21.4. The molecule has 0 unspecified atom stereocenters. The summed E-state index contributed by atoms with van der Waals surface area (Å²) in [5.74, 6) is -0.516. The predicted octanol–water partition coefficient (Wildman–Crippen LogP) is 5.17. The molecule has 4 rings (SSSR count). The first-order valence-corrected chi connectivity index (χ1v) is 12.3. The number of fused-ring (bicyclic) bond motifs is 1. The minimum Gasteiger partial charge on any atom is -0.381 e. The Morgan fingerprint density at radius 3 is 2.33 bits per heavy atom. The first-order valence-electron chi connectivity index (χ1n) is 12.3. The van der Waals surface area contributed by atoms with Gasteiger partial charge in [0.05, 0.1) is 18.1 Å². The highest BCUT2D eigenvalue weighted by atomic mass is 19.1. The Morgan fingerprint density at radius 1 is 1.00 bits per heavy atom.